The molecule has 0 aliphatic carbocycles. The minimum absolute atomic E-state index is 0.0458. The summed E-state index contributed by atoms with van der Waals surface area (Å²) in [5.74, 6) is 0. The Balaban J connectivity index is 2.43. The Morgan fingerprint density at radius 3 is 2.30 bits per heavy atom. The highest BCUT2D eigenvalue weighted by Gasteiger charge is 2.19. The molecule has 0 spiro atoms. The van der Waals surface area contributed by atoms with Crippen molar-refractivity contribution in [2.75, 3.05) is 4.72 Å². The van der Waals surface area contributed by atoms with E-state index in [1.54, 1.807) is 19.1 Å². The number of aryl methyl sites for hydroxylation is 1. The second kappa shape index (κ2) is 5.73. The van der Waals surface area contributed by atoms with Crippen LogP contribution < -0.4 is 4.72 Å². The molecule has 0 saturated carbocycles. The summed E-state index contributed by atoms with van der Waals surface area (Å²) in [5, 5.41) is 0.380. The molecule has 0 radical (unpaired) electrons. The number of benzene rings is 1. The van der Waals surface area contributed by atoms with Crippen molar-refractivity contribution in [3.05, 3.63) is 45.4 Å². The maximum atomic E-state index is 12.2. The van der Waals surface area contributed by atoms with Crippen molar-refractivity contribution in [2.24, 2.45) is 0 Å². The van der Waals surface area contributed by atoms with Crippen LogP contribution in [0.1, 0.15) is 5.56 Å². The van der Waals surface area contributed by atoms with Crippen LogP contribution in [0.5, 0.6) is 0 Å². The average Bonchev–Trinajstić information content (AvgIpc) is 2.40. The maximum absolute atomic E-state index is 12.2. The zero-order valence-corrected chi connectivity index (χ0v) is 13.1. The highest BCUT2D eigenvalue weighted by molar-refractivity contribution is 7.92. The molecule has 0 unspecified atom stereocenters. The third kappa shape index (κ3) is 3.15. The number of nitrogens with one attached hydrogen (secondary N) is 1. The van der Waals surface area contributed by atoms with E-state index in [0.29, 0.717) is 5.56 Å². The molecule has 0 fully saturated rings. The van der Waals surface area contributed by atoms with E-state index >= 15 is 0 Å². The topological polar surface area (TPSA) is 72.0 Å². The van der Waals surface area contributed by atoms with Crippen molar-refractivity contribution in [3.63, 3.8) is 0 Å². The van der Waals surface area contributed by atoms with Crippen LogP contribution >= 0.6 is 34.8 Å². The van der Waals surface area contributed by atoms with Crippen molar-refractivity contribution in [1.29, 1.82) is 0 Å². The molecule has 0 bridgehead atoms. The monoisotopic (exact) mass is 351 g/mol. The molecule has 0 saturated heterocycles. The van der Waals surface area contributed by atoms with Gasteiger partial charge < -0.3 is 0 Å². The summed E-state index contributed by atoms with van der Waals surface area (Å²) >= 11 is 17.5. The largest absolute Gasteiger partial charge is 0.276 e. The van der Waals surface area contributed by atoms with Crippen LogP contribution in [-0.2, 0) is 10.0 Å². The molecule has 1 aromatic heterocycles. The average molecular weight is 353 g/mol. The van der Waals surface area contributed by atoms with Gasteiger partial charge in [0.05, 0.1) is 28.1 Å². The van der Waals surface area contributed by atoms with E-state index in [0.717, 1.165) is 12.4 Å². The van der Waals surface area contributed by atoms with Gasteiger partial charge in [0, 0.05) is 0 Å². The van der Waals surface area contributed by atoms with E-state index in [2.05, 4.69) is 14.7 Å². The quantitative estimate of drug-likeness (QED) is 0.858. The van der Waals surface area contributed by atoms with Crippen LogP contribution in [0.15, 0.2) is 29.4 Å². The van der Waals surface area contributed by atoms with Gasteiger partial charge in [-0.05, 0) is 30.2 Å². The molecule has 0 amide bonds. The molecule has 2 aromatic rings. The van der Waals surface area contributed by atoms with Crippen LogP contribution in [0.25, 0.3) is 0 Å². The third-order valence-electron chi connectivity index (χ3n) is 2.43. The number of nitrogens with zero attached hydrogens (tertiary/aromatic N) is 2. The van der Waals surface area contributed by atoms with Gasteiger partial charge in [-0.2, -0.15) is 0 Å². The number of hydrogen-bond acceptors (Lipinski definition) is 4. The van der Waals surface area contributed by atoms with E-state index in [1.165, 1.54) is 0 Å². The number of hydrogen-bond donors (Lipinski definition) is 1. The predicted molar refractivity (Wildman–Crippen MR) is 79.0 cm³/mol. The smallest absolute Gasteiger partial charge is 0.265 e. The minimum atomic E-state index is -3.89. The Morgan fingerprint density at radius 1 is 1.10 bits per heavy atom. The lowest BCUT2D eigenvalue weighted by Gasteiger charge is -2.12. The summed E-state index contributed by atoms with van der Waals surface area (Å²) in [6, 6.07) is 3.24. The Morgan fingerprint density at radius 2 is 1.70 bits per heavy atom. The molecule has 0 atom stereocenters. The Labute approximate surface area is 131 Å². The Hall–Kier alpha value is -1.08. The predicted octanol–water partition coefficient (Wildman–Crippen LogP) is 3.55. The second-order valence-corrected chi connectivity index (χ2v) is 6.65. The first-order chi connectivity index (χ1) is 9.31. The molecule has 5 nitrogen and oxygen atoms in total. The fourth-order valence-corrected chi connectivity index (χ4v) is 3.04. The summed E-state index contributed by atoms with van der Waals surface area (Å²) in [4.78, 5) is 7.09. The number of rotatable bonds is 3. The van der Waals surface area contributed by atoms with Crippen molar-refractivity contribution in [2.45, 2.75) is 11.8 Å². The van der Waals surface area contributed by atoms with Gasteiger partial charge in [-0.25, -0.2) is 18.4 Å². The fourth-order valence-electron chi connectivity index (χ4n) is 1.38. The summed E-state index contributed by atoms with van der Waals surface area (Å²) in [6.45, 7) is 1.74. The van der Waals surface area contributed by atoms with Crippen LogP contribution in [-0.4, -0.2) is 18.4 Å². The van der Waals surface area contributed by atoms with Crippen molar-refractivity contribution < 1.29 is 8.42 Å². The summed E-state index contributed by atoms with van der Waals surface area (Å²) in [7, 11) is -3.89. The van der Waals surface area contributed by atoms with Gasteiger partial charge in [0.1, 0.15) is 4.90 Å². The number of anilines is 1. The van der Waals surface area contributed by atoms with Gasteiger partial charge in [-0.3, -0.25) is 4.72 Å². The first-order valence-electron chi connectivity index (χ1n) is 5.26. The minimum Gasteiger partial charge on any atom is -0.276 e. The molecular weight excluding hydrogens is 345 g/mol. The molecule has 106 valence electrons. The normalized spacial score (nSPS) is 11.4. The second-order valence-electron chi connectivity index (χ2n) is 3.85. The standard InChI is InChI=1S/C11H8Cl3N3O2S/c1-6-2-3-8(12)10(9(6)13)17-20(18,19)7-4-15-11(14)16-5-7/h2-5,17H,1H3. The molecule has 2 rings (SSSR count). The lowest BCUT2D eigenvalue weighted by molar-refractivity contribution is 0.600. The van der Waals surface area contributed by atoms with Crippen LogP contribution in [0, 0.1) is 6.92 Å². The van der Waals surface area contributed by atoms with Gasteiger partial charge in [0.2, 0.25) is 5.28 Å². The molecule has 1 N–H and O–H groups in total. The summed E-state index contributed by atoms with van der Waals surface area (Å²) in [6.07, 6.45) is 2.19. The zero-order chi connectivity index (χ0) is 14.9. The molecule has 1 heterocycles. The number of aromatic nitrogens is 2. The van der Waals surface area contributed by atoms with E-state index < -0.39 is 10.0 Å². The Kier molecular flexibility index (Phi) is 4.39. The maximum Gasteiger partial charge on any atom is 0.265 e. The first-order valence-corrected chi connectivity index (χ1v) is 7.88. The lowest BCUT2D eigenvalue weighted by atomic mass is 10.2. The fraction of sp³-hybridized carbons (Fsp3) is 0.0909. The van der Waals surface area contributed by atoms with Crippen LogP contribution in [0.3, 0.4) is 0 Å². The SMILES string of the molecule is Cc1ccc(Cl)c(NS(=O)(=O)c2cnc(Cl)nc2)c1Cl. The highest BCUT2D eigenvalue weighted by atomic mass is 35.5. The van der Waals surface area contributed by atoms with Gasteiger partial charge in [0.15, 0.2) is 0 Å². The number of halogens is 3. The van der Waals surface area contributed by atoms with E-state index in [9.17, 15) is 8.42 Å². The molecule has 1 aromatic carbocycles. The first kappa shape index (κ1) is 15.3. The molecule has 0 aliphatic rings. The number of sulfonamides is 1. The van der Waals surface area contributed by atoms with Crippen molar-refractivity contribution >= 4 is 50.5 Å². The van der Waals surface area contributed by atoms with E-state index in [4.69, 9.17) is 34.8 Å². The van der Waals surface area contributed by atoms with Crippen molar-refractivity contribution in [3.8, 4) is 0 Å². The molecule has 0 aliphatic heterocycles. The van der Waals surface area contributed by atoms with Crippen molar-refractivity contribution in [1.82, 2.24) is 9.97 Å². The van der Waals surface area contributed by atoms with E-state index in [-0.39, 0.29) is 25.9 Å². The molecule has 20 heavy (non-hydrogen) atoms. The Bertz CT molecular complexity index is 748. The lowest BCUT2D eigenvalue weighted by Crippen LogP contribution is -2.14. The highest BCUT2D eigenvalue weighted by Crippen LogP contribution is 2.34. The van der Waals surface area contributed by atoms with Gasteiger partial charge >= 0.3 is 0 Å². The molecule has 9 heteroatoms. The van der Waals surface area contributed by atoms with Crippen LogP contribution in [0.4, 0.5) is 5.69 Å². The summed E-state index contributed by atoms with van der Waals surface area (Å²) in [5.41, 5.74) is 0.810. The van der Waals surface area contributed by atoms with Gasteiger partial charge in [-0.15, -0.1) is 0 Å². The van der Waals surface area contributed by atoms with E-state index in [1.807, 2.05) is 0 Å². The third-order valence-corrected chi connectivity index (χ3v) is 4.73. The summed E-state index contributed by atoms with van der Waals surface area (Å²) < 4.78 is 26.7. The van der Waals surface area contributed by atoms with Crippen LogP contribution in [0.2, 0.25) is 15.3 Å². The van der Waals surface area contributed by atoms with Gasteiger partial charge in [0.25, 0.3) is 10.0 Å². The molecular formula is C11H8Cl3N3O2S. The van der Waals surface area contributed by atoms with Gasteiger partial charge in [-0.1, -0.05) is 29.3 Å². The zero-order valence-electron chi connectivity index (χ0n) is 10.1.